The van der Waals surface area contributed by atoms with Crippen LogP contribution in [0.25, 0.3) is 0 Å². The third-order valence-electron chi connectivity index (χ3n) is 2.77. The molecule has 1 heterocycles. The lowest BCUT2D eigenvalue weighted by molar-refractivity contribution is 0.383. The summed E-state index contributed by atoms with van der Waals surface area (Å²) in [6, 6.07) is 0. The fourth-order valence-corrected chi connectivity index (χ4v) is 2.05. The maximum atomic E-state index is 11.1. The van der Waals surface area contributed by atoms with Gasteiger partial charge in [-0.05, 0) is 6.92 Å². The molecule has 0 atom stereocenters. The first-order chi connectivity index (χ1) is 10.1. The van der Waals surface area contributed by atoms with Gasteiger partial charge in [-0.1, -0.05) is 20.8 Å². The Bertz CT molecular complexity index is 600. The zero-order valence-corrected chi connectivity index (χ0v) is 14.7. The minimum Gasteiger partial charge on any atom is -0.443 e. The summed E-state index contributed by atoms with van der Waals surface area (Å²) in [6.45, 7) is 9.39. The number of nitrogens with zero attached hydrogens (tertiary/aromatic N) is 2. The summed E-state index contributed by atoms with van der Waals surface area (Å²) in [5.41, 5.74) is -0.0901. The molecule has 2 N–H and O–H groups in total. The van der Waals surface area contributed by atoms with Crippen LogP contribution in [0, 0.1) is 0 Å². The van der Waals surface area contributed by atoms with Crippen LogP contribution in [-0.4, -0.2) is 44.5 Å². The lowest BCUT2D eigenvalue weighted by atomic mass is 9.94. The van der Waals surface area contributed by atoms with Crippen LogP contribution in [0.3, 0.4) is 0 Å². The van der Waals surface area contributed by atoms with Gasteiger partial charge in [0.1, 0.15) is 22.1 Å². The summed E-state index contributed by atoms with van der Waals surface area (Å²) in [6.07, 6.45) is 2.93. The number of oxazole rings is 1. The van der Waals surface area contributed by atoms with E-state index in [0.29, 0.717) is 31.5 Å². The molecule has 0 saturated heterocycles. The molecule has 126 valence electrons. The fourth-order valence-electron chi connectivity index (χ4n) is 1.57. The van der Waals surface area contributed by atoms with E-state index in [4.69, 9.17) is 4.42 Å². The predicted molar refractivity (Wildman–Crippen MR) is 87.7 cm³/mol. The van der Waals surface area contributed by atoms with Gasteiger partial charge in [0.15, 0.2) is 5.96 Å². The van der Waals surface area contributed by atoms with Gasteiger partial charge in [-0.2, -0.15) is 0 Å². The minimum absolute atomic E-state index is 0.0601. The summed E-state index contributed by atoms with van der Waals surface area (Å²) in [5.74, 6) is 1.95. The highest BCUT2D eigenvalue weighted by atomic mass is 32.2. The van der Waals surface area contributed by atoms with Crippen LogP contribution >= 0.6 is 0 Å². The fraction of sp³-hybridized carbons (Fsp3) is 0.714. The van der Waals surface area contributed by atoms with E-state index in [1.54, 1.807) is 6.20 Å². The van der Waals surface area contributed by atoms with E-state index in [9.17, 15) is 8.42 Å². The monoisotopic (exact) mass is 330 g/mol. The van der Waals surface area contributed by atoms with Crippen molar-refractivity contribution in [1.82, 2.24) is 15.6 Å². The quantitative estimate of drug-likeness (QED) is 0.598. The van der Waals surface area contributed by atoms with Crippen LogP contribution in [0.15, 0.2) is 15.6 Å². The number of aromatic nitrogens is 1. The molecular weight excluding hydrogens is 304 g/mol. The maximum Gasteiger partial charge on any atom is 0.216 e. The molecule has 0 amide bonds. The van der Waals surface area contributed by atoms with E-state index in [1.807, 2.05) is 6.92 Å². The molecule has 0 fully saturated rings. The van der Waals surface area contributed by atoms with Crippen LogP contribution in [0.2, 0.25) is 0 Å². The molecule has 0 aliphatic rings. The van der Waals surface area contributed by atoms with Crippen molar-refractivity contribution in [2.75, 3.05) is 25.1 Å². The average molecular weight is 330 g/mol. The topological polar surface area (TPSA) is 96.6 Å². The van der Waals surface area contributed by atoms with Gasteiger partial charge >= 0.3 is 0 Å². The van der Waals surface area contributed by atoms with E-state index in [-0.39, 0.29) is 11.2 Å². The number of nitrogens with one attached hydrogen (secondary N) is 2. The molecule has 0 aliphatic heterocycles. The number of sulfone groups is 1. The van der Waals surface area contributed by atoms with Crippen molar-refractivity contribution in [3.8, 4) is 0 Å². The molecule has 0 radical (unpaired) electrons. The van der Waals surface area contributed by atoms with Crippen molar-refractivity contribution in [2.24, 2.45) is 4.99 Å². The molecule has 8 heteroatoms. The predicted octanol–water partition coefficient (Wildman–Crippen LogP) is 1.07. The number of rotatable bonds is 6. The second kappa shape index (κ2) is 7.62. The Kier molecular flexibility index (Phi) is 6.40. The third-order valence-corrected chi connectivity index (χ3v) is 3.72. The Labute approximate surface area is 132 Å². The number of hydrogen-bond donors (Lipinski definition) is 2. The van der Waals surface area contributed by atoms with Crippen molar-refractivity contribution < 1.29 is 12.8 Å². The second-order valence-electron chi connectivity index (χ2n) is 6.12. The molecule has 7 nitrogen and oxygen atoms in total. The van der Waals surface area contributed by atoms with Gasteiger partial charge in [0.05, 0.1) is 11.9 Å². The van der Waals surface area contributed by atoms with E-state index >= 15 is 0 Å². The normalized spacial score (nSPS) is 13.2. The molecule has 1 aromatic heterocycles. The largest absolute Gasteiger partial charge is 0.443 e. The van der Waals surface area contributed by atoms with Gasteiger partial charge in [0.2, 0.25) is 5.89 Å². The standard InChI is InChI=1S/C14H26N4O3S/c1-6-15-13(16-7-8-22(5,19)20)18-10-12-17-9-11(21-12)14(2,3)4/h9H,6-8,10H2,1-5H3,(H2,15,16,18). The highest BCUT2D eigenvalue weighted by Gasteiger charge is 2.19. The van der Waals surface area contributed by atoms with Gasteiger partial charge in [-0.15, -0.1) is 0 Å². The summed E-state index contributed by atoms with van der Waals surface area (Å²) in [7, 11) is -2.99. The summed E-state index contributed by atoms with van der Waals surface area (Å²) in [5, 5.41) is 6.03. The van der Waals surface area contributed by atoms with Crippen molar-refractivity contribution >= 4 is 15.8 Å². The first kappa shape index (κ1) is 18.5. The summed E-state index contributed by atoms with van der Waals surface area (Å²) < 4.78 is 27.9. The van der Waals surface area contributed by atoms with Gasteiger partial charge < -0.3 is 15.1 Å². The van der Waals surface area contributed by atoms with Crippen LogP contribution in [0.5, 0.6) is 0 Å². The van der Waals surface area contributed by atoms with E-state index in [1.165, 1.54) is 6.26 Å². The zero-order valence-electron chi connectivity index (χ0n) is 13.9. The van der Waals surface area contributed by atoms with E-state index in [2.05, 4.69) is 41.4 Å². The number of guanidine groups is 1. The molecule has 0 saturated carbocycles. The zero-order chi connectivity index (χ0) is 16.8. The van der Waals surface area contributed by atoms with Gasteiger partial charge in [0, 0.05) is 24.8 Å². The second-order valence-corrected chi connectivity index (χ2v) is 8.38. The average Bonchev–Trinajstić information content (AvgIpc) is 2.83. The van der Waals surface area contributed by atoms with Crippen LogP contribution in [0.4, 0.5) is 0 Å². The molecule has 0 bridgehead atoms. The Hall–Kier alpha value is -1.57. The van der Waals surface area contributed by atoms with Crippen molar-refractivity contribution in [2.45, 2.75) is 39.7 Å². The molecule has 0 aromatic carbocycles. The van der Waals surface area contributed by atoms with Crippen LogP contribution in [-0.2, 0) is 21.8 Å². The molecule has 0 aliphatic carbocycles. The van der Waals surface area contributed by atoms with Gasteiger partial charge in [-0.25, -0.2) is 18.4 Å². The molecule has 22 heavy (non-hydrogen) atoms. The number of aliphatic imine (C=N–C) groups is 1. The lowest BCUT2D eigenvalue weighted by Gasteiger charge is -2.13. The van der Waals surface area contributed by atoms with Gasteiger partial charge in [0.25, 0.3) is 0 Å². The highest BCUT2D eigenvalue weighted by molar-refractivity contribution is 7.90. The Morgan fingerprint density at radius 3 is 2.55 bits per heavy atom. The lowest BCUT2D eigenvalue weighted by Crippen LogP contribution is -2.39. The molecule has 0 unspecified atom stereocenters. The van der Waals surface area contributed by atoms with Crippen molar-refractivity contribution in [3.63, 3.8) is 0 Å². The smallest absolute Gasteiger partial charge is 0.216 e. The highest BCUT2D eigenvalue weighted by Crippen LogP contribution is 2.22. The third kappa shape index (κ3) is 6.93. The first-order valence-corrected chi connectivity index (χ1v) is 9.33. The Balaban J connectivity index is 2.63. The van der Waals surface area contributed by atoms with Crippen LogP contribution < -0.4 is 10.6 Å². The molecule has 1 aromatic rings. The van der Waals surface area contributed by atoms with Crippen LogP contribution in [0.1, 0.15) is 39.3 Å². The summed E-state index contributed by atoms with van der Waals surface area (Å²) in [4.78, 5) is 8.55. The van der Waals surface area contributed by atoms with Gasteiger partial charge in [-0.3, -0.25) is 0 Å². The van der Waals surface area contributed by atoms with Crippen molar-refractivity contribution in [3.05, 3.63) is 17.8 Å². The minimum atomic E-state index is -2.99. The van der Waals surface area contributed by atoms with E-state index < -0.39 is 9.84 Å². The van der Waals surface area contributed by atoms with E-state index in [0.717, 1.165) is 5.76 Å². The molecule has 1 rings (SSSR count). The SMILES string of the molecule is CCNC(=NCc1ncc(C(C)(C)C)o1)NCCS(C)(=O)=O. The first-order valence-electron chi connectivity index (χ1n) is 7.27. The Morgan fingerprint density at radius 1 is 1.36 bits per heavy atom. The van der Waals surface area contributed by atoms with Crippen molar-refractivity contribution in [1.29, 1.82) is 0 Å². The number of hydrogen-bond acceptors (Lipinski definition) is 5. The molecule has 0 spiro atoms. The maximum absolute atomic E-state index is 11.1. The summed E-state index contributed by atoms with van der Waals surface area (Å²) >= 11 is 0. The molecular formula is C14H26N4O3S. The Morgan fingerprint density at radius 2 is 2.05 bits per heavy atom.